The van der Waals surface area contributed by atoms with Crippen molar-refractivity contribution in [1.29, 1.82) is 0 Å². The Morgan fingerprint density at radius 1 is 1.22 bits per heavy atom. The molecule has 92 valence electrons. The largest absolute Gasteiger partial charge is 0.398 e. The zero-order valence-electron chi connectivity index (χ0n) is 10.3. The van der Waals surface area contributed by atoms with Gasteiger partial charge in [-0.05, 0) is 31.5 Å². The molecule has 2 aromatic rings. The number of amides is 1. The summed E-state index contributed by atoms with van der Waals surface area (Å²) in [6, 6.07) is 5.28. The van der Waals surface area contributed by atoms with Crippen molar-refractivity contribution >= 4 is 17.4 Å². The molecule has 2 aromatic heterocycles. The third-order valence-corrected chi connectivity index (χ3v) is 2.47. The molecule has 2 rings (SSSR count). The summed E-state index contributed by atoms with van der Waals surface area (Å²) >= 11 is 0. The lowest BCUT2D eigenvalue weighted by Crippen LogP contribution is -2.15. The minimum absolute atomic E-state index is 0.309. The van der Waals surface area contributed by atoms with Crippen molar-refractivity contribution in [3.8, 4) is 0 Å². The number of nitrogens with zero attached hydrogens (tertiary/aromatic N) is 2. The quantitative estimate of drug-likeness (QED) is 0.843. The molecule has 0 radical (unpaired) electrons. The highest BCUT2D eigenvalue weighted by molar-refractivity contribution is 6.07. The molecule has 0 saturated heterocycles. The van der Waals surface area contributed by atoms with Crippen molar-refractivity contribution in [1.82, 2.24) is 9.97 Å². The maximum Gasteiger partial charge on any atom is 0.260 e. The van der Waals surface area contributed by atoms with Crippen molar-refractivity contribution in [3.63, 3.8) is 0 Å². The molecule has 5 nitrogen and oxygen atoms in total. The number of carbonyl (C=O) groups excluding carboxylic acids is 1. The van der Waals surface area contributed by atoms with Gasteiger partial charge in [-0.25, -0.2) is 4.98 Å². The van der Waals surface area contributed by atoms with Gasteiger partial charge >= 0.3 is 0 Å². The highest BCUT2D eigenvalue weighted by Gasteiger charge is 2.11. The zero-order valence-corrected chi connectivity index (χ0v) is 10.3. The first kappa shape index (κ1) is 12.0. The van der Waals surface area contributed by atoms with Crippen LogP contribution < -0.4 is 11.1 Å². The predicted molar refractivity (Wildman–Crippen MR) is 70.3 cm³/mol. The van der Waals surface area contributed by atoms with Crippen LogP contribution in [0.25, 0.3) is 0 Å². The first-order valence-corrected chi connectivity index (χ1v) is 5.52. The second-order valence-corrected chi connectivity index (χ2v) is 4.09. The average molecular weight is 242 g/mol. The number of rotatable bonds is 2. The summed E-state index contributed by atoms with van der Waals surface area (Å²) in [5.41, 5.74) is 8.35. The van der Waals surface area contributed by atoms with Gasteiger partial charge in [0.15, 0.2) is 0 Å². The summed E-state index contributed by atoms with van der Waals surface area (Å²) in [6.07, 6.45) is 3.15. The van der Waals surface area contributed by atoms with Gasteiger partial charge in [-0.2, -0.15) is 0 Å². The molecule has 5 heteroatoms. The van der Waals surface area contributed by atoms with Gasteiger partial charge in [-0.3, -0.25) is 9.78 Å². The molecule has 2 heterocycles. The molecule has 0 atom stereocenters. The first-order valence-electron chi connectivity index (χ1n) is 5.52. The number of nitrogens with one attached hydrogen (secondary N) is 1. The van der Waals surface area contributed by atoms with Gasteiger partial charge < -0.3 is 11.1 Å². The van der Waals surface area contributed by atoms with Crippen molar-refractivity contribution in [2.24, 2.45) is 0 Å². The van der Waals surface area contributed by atoms with Crippen LogP contribution >= 0.6 is 0 Å². The van der Waals surface area contributed by atoms with E-state index in [1.807, 2.05) is 19.9 Å². The molecular formula is C13H14N4O. The Morgan fingerprint density at radius 2 is 2.00 bits per heavy atom. The lowest BCUT2D eigenvalue weighted by molar-refractivity contribution is 0.102. The second-order valence-electron chi connectivity index (χ2n) is 4.09. The zero-order chi connectivity index (χ0) is 13.1. The Labute approximate surface area is 105 Å². The van der Waals surface area contributed by atoms with Gasteiger partial charge in [0.25, 0.3) is 5.91 Å². The van der Waals surface area contributed by atoms with Gasteiger partial charge in [0, 0.05) is 23.8 Å². The number of pyridine rings is 2. The van der Waals surface area contributed by atoms with E-state index in [1.54, 1.807) is 18.3 Å². The number of nitrogens with two attached hydrogens (primary N) is 1. The molecule has 3 N–H and O–H groups in total. The summed E-state index contributed by atoms with van der Waals surface area (Å²) in [5.74, 6) is 0.182. The van der Waals surface area contributed by atoms with Gasteiger partial charge in [0.05, 0.1) is 5.56 Å². The fourth-order valence-corrected chi connectivity index (χ4v) is 1.50. The summed E-state index contributed by atoms with van der Waals surface area (Å²) < 4.78 is 0. The molecule has 0 saturated carbocycles. The van der Waals surface area contributed by atoms with Gasteiger partial charge in [0.1, 0.15) is 5.82 Å². The minimum atomic E-state index is -0.309. The number of hydrogen-bond donors (Lipinski definition) is 2. The smallest absolute Gasteiger partial charge is 0.260 e. The van der Waals surface area contributed by atoms with E-state index >= 15 is 0 Å². The van der Waals surface area contributed by atoms with E-state index in [-0.39, 0.29) is 5.91 Å². The molecule has 0 aliphatic rings. The summed E-state index contributed by atoms with van der Waals surface area (Å²) in [5, 5.41) is 2.68. The number of aryl methyl sites for hydroxylation is 2. The number of nitrogen functional groups attached to an aromatic ring is 1. The Hall–Kier alpha value is -2.43. The van der Waals surface area contributed by atoms with Crippen molar-refractivity contribution in [3.05, 3.63) is 47.4 Å². The molecule has 0 aromatic carbocycles. The van der Waals surface area contributed by atoms with Gasteiger partial charge in [0.2, 0.25) is 0 Å². The number of hydrogen-bond acceptors (Lipinski definition) is 4. The van der Waals surface area contributed by atoms with Crippen LogP contribution in [0.4, 0.5) is 11.5 Å². The normalized spacial score (nSPS) is 10.1. The van der Waals surface area contributed by atoms with E-state index in [0.717, 1.165) is 11.3 Å². The highest BCUT2D eigenvalue weighted by Crippen LogP contribution is 2.13. The van der Waals surface area contributed by atoms with Crippen molar-refractivity contribution in [2.45, 2.75) is 13.8 Å². The summed E-state index contributed by atoms with van der Waals surface area (Å²) in [6.45, 7) is 3.75. The topological polar surface area (TPSA) is 80.9 Å². The van der Waals surface area contributed by atoms with E-state index in [2.05, 4.69) is 15.3 Å². The molecule has 0 unspecified atom stereocenters. The van der Waals surface area contributed by atoms with Crippen LogP contribution in [0, 0.1) is 13.8 Å². The minimum Gasteiger partial charge on any atom is -0.398 e. The second kappa shape index (κ2) is 4.83. The Morgan fingerprint density at radius 3 is 2.61 bits per heavy atom. The van der Waals surface area contributed by atoms with Gasteiger partial charge in [-0.1, -0.05) is 6.07 Å². The lowest BCUT2D eigenvalue weighted by atomic mass is 10.2. The van der Waals surface area contributed by atoms with E-state index in [1.165, 1.54) is 6.20 Å². The number of anilines is 2. The molecule has 0 spiro atoms. The predicted octanol–water partition coefficient (Wildman–Crippen LogP) is 1.93. The van der Waals surface area contributed by atoms with E-state index in [9.17, 15) is 4.79 Å². The van der Waals surface area contributed by atoms with Crippen LogP contribution in [0.3, 0.4) is 0 Å². The molecular weight excluding hydrogens is 228 g/mol. The lowest BCUT2D eigenvalue weighted by Gasteiger charge is -2.07. The molecule has 0 aliphatic heterocycles. The monoisotopic (exact) mass is 242 g/mol. The molecule has 0 bridgehead atoms. The molecule has 18 heavy (non-hydrogen) atoms. The van der Waals surface area contributed by atoms with Crippen LogP contribution in [0.1, 0.15) is 21.6 Å². The number of aromatic nitrogens is 2. The third-order valence-electron chi connectivity index (χ3n) is 2.47. The molecule has 0 aliphatic carbocycles. The van der Waals surface area contributed by atoms with Crippen LogP contribution in [-0.4, -0.2) is 15.9 Å². The molecule has 1 amide bonds. The summed E-state index contributed by atoms with van der Waals surface area (Å²) in [7, 11) is 0. The van der Waals surface area contributed by atoms with Crippen LogP contribution in [0.15, 0.2) is 30.6 Å². The van der Waals surface area contributed by atoms with Crippen LogP contribution in [-0.2, 0) is 0 Å². The highest BCUT2D eigenvalue weighted by atomic mass is 16.1. The van der Waals surface area contributed by atoms with Crippen molar-refractivity contribution in [2.75, 3.05) is 11.1 Å². The van der Waals surface area contributed by atoms with E-state index in [4.69, 9.17) is 5.73 Å². The maximum absolute atomic E-state index is 12.0. The number of carbonyl (C=O) groups is 1. The van der Waals surface area contributed by atoms with E-state index < -0.39 is 0 Å². The summed E-state index contributed by atoms with van der Waals surface area (Å²) in [4.78, 5) is 20.1. The Balaban J connectivity index is 2.19. The van der Waals surface area contributed by atoms with Gasteiger partial charge in [-0.15, -0.1) is 0 Å². The standard InChI is InChI=1S/C13H14N4O/c1-8-3-4-12(16-6-8)17-13(18)10-7-15-9(2)5-11(10)14/h3-7H,1-2H3,(H2,14,15)(H,16,17,18). The fourth-order valence-electron chi connectivity index (χ4n) is 1.50. The maximum atomic E-state index is 12.0. The van der Waals surface area contributed by atoms with Crippen LogP contribution in [0.5, 0.6) is 0 Å². The third kappa shape index (κ3) is 2.63. The van der Waals surface area contributed by atoms with E-state index in [0.29, 0.717) is 17.1 Å². The molecule has 0 fully saturated rings. The van der Waals surface area contributed by atoms with Crippen molar-refractivity contribution < 1.29 is 4.79 Å². The average Bonchev–Trinajstić information content (AvgIpc) is 2.32. The fraction of sp³-hybridized carbons (Fsp3) is 0.154. The first-order chi connectivity index (χ1) is 8.56. The Kier molecular flexibility index (Phi) is 3.23. The SMILES string of the molecule is Cc1ccc(NC(=O)c2cnc(C)cc2N)nc1. The van der Waals surface area contributed by atoms with Crippen LogP contribution in [0.2, 0.25) is 0 Å². The Bertz CT molecular complexity index is 578.